The van der Waals surface area contributed by atoms with Crippen molar-refractivity contribution in [2.45, 2.75) is 51.0 Å². The molecule has 0 bridgehead atoms. The van der Waals surface area contributed by atoms with Crippen LogP contribution in [0.25, 0.3) is 0 Å². The summed E-state index contributed by atoms with van der Waals surface area (Å²) in [6, 6.07) is 0.208. The molecular weight excluding hydrogens is 190 g/mol. The summed E-state index contributed by atoms with van der Waals surface area (Å²) < 4.78 is 0. The van der Waals surface area contributed by atoms with E-state index in [-0.39, 0.29) is 17.9 Å². The maximum atomic E-state index is 11.7. The molecule has 0 aromatic heterocycles. The fourth-order valence-electron chi connectivity index (χ4n) is 2.88. The maximum Gasteiger partial charge on any atom is 0.222 e. The first-order valence-corrected chi connectivity index (χ1v) is 6.07. The van der Waals surface area contributed by atoms with E-state index in [1.165, 1.54) is 12.8 Å². The van der Waals surface area contributed by atoms with Crippen molar-refractivity contribution in [1.82, 2.24) is 4.90 Å². The molecule has 2 atom stereocenters. The van der Waals surface area contributed by atoms with Gasteiger partial charge in [-0.3, -0.25) is 4.79 Å². The number of likely N-dealkylation sites (tertiary alicyclic amines) is 1. The molecular formula is C12H19NO2. The molecule has 1 saturated carbocycles. The van der Waals surface area contributed by atoms with Crippen LogP contribution < -0.4 is 0 Å². The molecule has 3 nitrogen and oxygen atoms in total. The highest BCUT2D eigenvalue weighted by Crippen LogP contribution is 2.28. The first-order valence-electron chi connectivity index (χ1n) is 6.07. The van der Waals surface area contributed by atoms with Crippen molar-refractivity contribution in [2.24, 2.45) is 5.92 Å². The van der Waals surface area contributed by atoms with Crippen LogP contribution in [0.5, 0.6) is 0 Å². The number of amides is 1. The molecule has 1 saturated heterocycles. The number of rotatable bonds is 2. The molecule has 3 heteroatoms. The van der Waals surface area contributed by atoms with Gasteiger partial charge in [0.2, 0.25) is 5.91 Å². The largest absolute Gasteiger partial charge is 0.339 e. The second-order valence-corrected chi connectivity index (χ2v) is 4.70. The minimum atomic E-state index is 0.0922. The fraction of sp³-hybridized carbons (Fsp3) is 0.833. The minimum absolute atomic E-state index is 0.0922. The van der Waals surface area contributed by atoms with Crippen molar-refractivity contribution in [2.75, 3.05) is 6.54 Å². The first-order chi connectivity index (χ1) is 7.33. The Morgan fingerprint density at radius 1 is 1.13 bits per heavy atom. The van der Waals surface area contributed by atoms with Gasteiger partial charge in [0, 0.05) is 24.9 Å². The van der Waals surface area contributed by atoms with Gasteiger partial charge < -0.3 is 9.69 Å². The van der Waals surface area contributed by atoms with Gasteiger partial charge >= 0.3 is 0 Å². The van der Waals surface area contributed by atoms with Gasteiger partial charge in [0.1, 0.15) is 6.29 Å². The van der Waals surface area contributed by atoms with Crippen LogP contribution in [-0.2, 0) is 9.59 Å². The molecule has 2 unspecified atom stereocenters. The highest BCUT2D eigenvalue weighted by atomic mass is 16.2. The lowest BCUT2D eigenvalue weighted by atomic mass is 9.95. The van der Waals surface area contributed by atoms with Crippen LogP contribution in [0, 0.1) is 5.92 Å². The predicted octanol–water partition coefficient (Wildman–Crippen LogP) is 1.76. The summed E-state index contributed by atoms with van der Waals surface area (Å²) in [6.07, 6.45) is 8.24. The van der Waals surface area contributed by atoms with Crippen molar-refractivity contribution in [3.8, 4) is 0 Å². The fourth-order valence-corrected chi connectivity index (χ4v) is 2.88. The van der Waals surface area contributed by atoms with Crippen LogP contribution in [0.3, 0.4) is 0 Å². The second-order valence-electron chi connectivity index (χ2n) is 4.70. The van der Waals surface area contributed by atoms with Gasteiger partial charge in [0.15, 0.2) is 0 Å². The highest BCUT2D eigenvalue weighted by molar-refractivity contribution is 5.79. The molecule has 0 radical (unpaired) electrons. The zero-order valence-electron chi connectivity index (χ0n) is 9.15. The summed E-state index contributed by atoms with van der Waals surface area (Å²) in [6.45, 7) is 0.869. The molecule has 0 aromatic carbocycles. The Bertz CT molecular complexity index is 252. The van der Waals surface area contributed by atoms with Crippen molar-refractivity contribution in [1.29, 1.82) is 0 Å². The summed E-state index contributed by atoms with van der Waals surface area (Å²) in [5, 5.41) is 0. The molecule has 1 amide bonds. The third kappa shape index (κ3) is 2.21. The monoisotopic (exact) mass is 209 g/mol. The van der Waals surface area contributed by atoms with E-state index in [1.54, 1.807) is 0 Å². The van der Waals surface area contributed by atoms with Gasteiger partial charge in [-0.25, -0.2) is 0 Å². The number of carbonyl (C=O) groups is 2. The van der Waals surface area contributed by atoms with Crippen LogP contribution in [0.2, 0.25) is 0 Å². The number of hydrogen-bond donors (Lipinski definition) is 0. The lowest BCUT2D eigenvalue weighted by molar-refractivity contribution is -0.131. The number of carbonyl (C=O) groups excluding carboxylic acids is 2. The average molecular weight is 209 g/mol. The molecule has 1 aliphatic heterocycles. The van der Waals surface area contributed by atoms with Crippen LogP contribution in [-0.4, -0.2) is 29.7 Å². The van der Waals surface area contributed by atoms with Gasteiger partial charge in [0.05, 0.1) is 0 Å². The van der Waals surface area contributed by atoms with E-state index in [0.717, 1.165) is 38.5 Å². The van der Waals surface area contributed by atoms with Crippen LogP contribution in [0.1, 0.15) is 44.9 Å². The third-order valence-corrected chi connectivity index (χ3v) is 3.72. The van der Waals surface area contributed by atoms with E-state index in [2.05, 4.69) is 0 Å². The van der Waals surface area contributed by atoms with Gasteiger partial charge in [-0.1, -0.05) is 19.3 Å². The Morgan fingerprint density at radius 3 is 2.60 bits per heavy atom. The summed E-state index contributed by atoms with van der Waals surface area (Å²) in [5.41, 5.74) is 0. The van der Waals surface area contributed by atoms with E-state index < -0.39 is 0 Å². The Balaban J connectivity index is 2.08. The molecule has 1 aliphatic carbocycles. The molecule has 0 aromatic rings. The van der Waals surface area contributed by atoms with Crippen molar-refractivity contribution in [3.63, 3.8) is 0 Å². The van der Waals surface area contributed by atoms with Crippen LogP contribution in [0.15, 0.2) is 0 Å². The van der Waals surface area contributed by atoms with Gasteiger partial charge in [0.25, 0.3) is 0 Å². The summed E-state index contributed by atoms with van der Waals surface area (Å²) >= 11 is 0. The molecule has 2 rings (SSSR count). The molecule has 1 heterocycles. The summed E-state index contributed by atoms with van der Waals surface area (Å²) in [4.78, 5) is 24.7. The van der Waals surface area contributed by atoms with E-state index in [9.17, 15) is 9.59 Å². The number of hydrogen-bond acceptors (Lipinski definition) is 2. The standard InChI is InChI=1S/C12H19NO2/c14-9-10-5-2-1-3-6-11(10)13-8-4-7-12(13)15/h9-11H,1-8H2. The topological polar surface area (TPSA) is 37.4 Å². The van der Waals surface area contributed by atoms with Crippen molar-refractivity contribution >= 4 is 12.2 Å². The Morgan fingerprint density at radius 2 is 1.93 bits per heavy atom. The molecule has 2 aliphatic rings. The molecule has 84 valence electrons. The highest BCUT2D eigenvalue weighted by Gasteiger charge is 2.33. The second kappa shape index (κ2) is 4.77. The van der Waals surface area contributed by atoms with Gasteiger partial charge in [-0.05, 0) is 19.3 Å². The van der Waals surface area contributed by atoms with Crippen molar-refractivity contribution in [3.05, 3.63) is 0 Å². The minimum Gasteiger partial charge on any atom is -0.339 e. The van der Waals surface area contributed by atoms with Crippen molar-refractivity contribution < 1.29 is 9.59 Å². The molecule has 15 heavy (non-hydrogen) atoms. The van der Waals surface area contributed by atoms with Crippen LogP contribution >= 0.6 is 0 Å². The third-order valence-electron chi connectivity index (χ3n) is 3.72. The Kier molecular flexibility index (Phi) is 3.39. The quantitative estimate of drug-likeness (QED) is 0.513. The van der Waals surface area contributed by atoms with E-state index in [0.29, 0.717) is 6.42 Å². The molecule has 0 N–H and O–H groups in total. The average Bonchev–Trinajstić information content (AvgIpc) is 2.54. The first kappa shape index (κ1) is 10.7. The van der Waals surface area contributed by atoms with E-state index >= 15 is 0 Å². The SMILES string of the molecule is O=CC1CCCCCC1N1CCCC1=O. The lowest BCUT2D eigenvalue weighted by Crippen LogP contribution is -2.41. The summed E-state index contributed by atoms with van der Waals surface area (Å²) in [7, 11) is 0. The van der Waals surface area contributed by atoms with E-state index in [1.807, 2.05) is 4.90 Å². The summed E-state index contributed by atoms with van der Waals surface area (Å²) in [5.74, 6) is 0.350. The number of nitrogens with zero attached hydrogens (tertiary/aromatic N) is 1. The Labute approximate surface area is 90.8 Å². The normalized spacial score (nSPS) is 32.8. The van der Waals surface area contributed by atoms with E-state index in [4.69, 9.17) is 0 Å². The lowest BCUT2D eigenvalue weighted by Gasteiger charge is -2.30. The number of aldehydes is 1. The smallest absolute Gasteiger partial charge is 0.222 e. The maximum absolute atomic E-state index is 11.7. The molecule has 0 spiro atoms. The van der Waals surface area contributed by atoms with Gasteiger partial charge in [-0.2, -0.15) is 0 Å². The van der Waals surface area contributed by atoms with Crippen LogP contribution in [0.4, 0.5) is 0 Å². The Hall–Kier alpha value is -0.860. The zero-order chi connectivity index (χ0) is 10.7. The zero-order valence-corrected chi connectivity index (χ0v) is 9.15. The predicted molar refractivity (Wildman–Crippen MR) is 57.4 cm³/mol. The van der Waals surface area contributed by atoms with Gasteiger partial charge in [-0.15, -0.1) is 0 Å². The molecule has 2 fully saturated rings.